The van der Waals surface area contributed by atoms with Gasteiger partial charge in [-0.05, 0) is 30.0 Å². The highest BCUT2D eigenvalue weighted by molar-refractivity contribution is 7.15. The fourth-order valence-electron chi connectivity index (χ4n) is 3.32. The first kappa shape index (κ1) is 18.4. The highest BCUT2D eigenvalue weighted by Gasteiger charge is 2.13. The van der Waals surface area contributed by atoms with Gasteiger partial charge in [-0.15, -0.1) is 11.3 Å². The third-order valence-electron chi connectivity index (χ3n) is 4.96. The van der Waals surface area contributed by atoms with Crippen LogP contribution in [0.4, 0.5) is 5.69 Å². The van der Waals surface area contributed by atoms with Gasteiger partial charge < -0.3 is 5.32 Å². The Morgan fingerprint density at radius 1 is 1.07 bits per heavy atom. The molecule has 5 heteroatoms. The summed E-state index contributed by atoms with van der Waals surface area (Å²) in [5.41, 5.74) is 6.34. The van der Waals surface area contributed by atoms with E-state index in [9.17, 15) is 4.79 Å². The second-order valence-electron chi connectivity index (χ2n) is 6.79. The van der Waals surface area contributed by atoms with E-state index in [2.05, 4.69) is 43.4 Å². The van der Waals surface area contributed by atoms with Crippen LogP contribution < -0.4 is 5.32 Å². The number of rotatable bonds is 6. The van der Waals surface area contributed by atoms with Gasteiger partial charge in [-0.1, -0.05) is 56.3 Å². The van der Waals surface area contributed by atoms with Crippen molar-refractivity contribution in [1.29, 1.82) is 0 Å². The number of hydrogen-bond donors (Lipinski definition) is 1. The Hall–Kier alpha value is -2.92. The molecular formula is C23H23N3OS. The largest absolute Gasteiger partial charge is 0.326 e. The molecule has 0 atom stereocenters. The Balaban J connectivity index is 1.54. The van der Waals surface area contributed by atoms with Crippen molar-refractivity contribution in [2.75, 3.05) is 5.32 Å². The van der Waals surface area contributed by atoms with E-state index in [0.29, 0.717) is 6.42 Å². The summed E-state index contributed by atoms with van der Waals surface area (Å²) < 4.78 is 2.03. The molecule has 4 rings (SSSR count). The minimum atomic E-state index is -0.0110. The van der Waals surface area contributed by atoms with Crippen molar-refractivity contribution in [2.24, 2.45) is 0 Å². The molecule has 1 amide bonds. The number of hydrogen-bond acceptors (Lipinski definition) is 3. The molecule has 0 aliphatic carbocycles. The van der Waals surface area contributed by atoms with Gasteiger partial charge in [0, 0.05) is 28.5 Å². The van der Waals surface area contributed by atoms with Crippen LogP contribution in [-0.2, 0) is 24.1 Å². The summed E-state index contributed by atoms with van der Waals surface area (Å²) in [5, 5.41) is 5.06. The van der Waals surface area contributed by atoms with Crippen molar-refractivity contribution in [3.05, 3.63) is 76.9 Å². The van der Waals surface area contributed by atoms with Gasteiger partial charge in [-0.2, -0.15) is 0 Å². The van der Waals surface area contributed by atoms with E-state index >= 15 is 0 Å². The van der Waals surface area contributed by atoms with E-state index < -0.39 is 0 Å². The van der Waals surface area contributed by atoms with Crippen molar-refractivity contribution >= 4 is 27.9 Å². The molecule has 28 heavy (non-hydrogen) atoms. The van der Waals surface area contributed by atoms with Crippen LogP contribution in [0.15, 0.2) is 60.1 Å². The average Bonchev–Trinajstić information content (AvgIpc) is 3.30. The summed E-state index contributed by atoms with van der Waals surface area (Å²) in [6.07, 6.45) is 4.26. The van der Waals surface area contributed by atoms with Gasteiger partial charge >= 0.3 is 0 Å². The maximum Gasteiger partial charge on any atom is 0.230 e. The monoisotopic (exact) mass is 389 g/mol. The maximum atomic E-state index is 12.6. The molecule has 0 bridgehead atoms. The van der Waals surface area contributed by atoms with Gasteiger partial charge in [-0.25, -0.2) is 4.98 Å². The molecular weight excluding hydrogens is 366 g/mol. The average molecular weight is 390 g/mol. The summed E-state index contributed by atoms with van der Waals surface area (Å²) in [4.78, 5) is 18.2. The lowest BCUT2D eigenvalue weighted by Gasteiger charge is -2.09. The topological polar surface area (TPSA) is 46.4 Å². The molecule has 0 saturated carbocycles. The molecule has 0 spiro atoms. The predicted octanol–water partition coefficient (Wildman–Crippen LogP) is 5.37. The van der Waals surface area contributed by atoms with Crippen LogP contribution in [0.5, 0.6) is 0 Å². The molecule has 0 aliphatic rings. The van der Waals surface area contributed by atoms with Crippen LogP contribution in [0.2, 0.25) is 0 Å². The summed E-state index contributed by atoms with van der Waals surface area (Å²) >= 11 is 1.56. The number of anilines is 1. The molecule has 4 aromatic rings. The van der Waals surface area contributed by atoms with Crippen molar-refractivity contribution < 1.29 is 4.79 Å². The molecule has 0 saturated heterocycles. The number of carbonyl (C=O) groups is 1. The number of para-hydroxylation sites is 1. The first-order valence-electron chi connectivity index (χ1n) is 9.60. The molecule has 0 radical (unpaired) electrons. The van der Waals surface area contributed by atoms with Crippen LogP contribution in [0, 0.1) is 0 Å². The van der Waals surface area contributed by atoms with Crippen molar-refractivity contribution in [3.8, 4) is 11.3 Å². The third-order valence-corrected chi connectivity index (χ3v) is 5.84. The zero-order valence-electron chi connectivity index (χ0n) is 16.1. The smallest absolute Gasteiger partial charge is 0.230 e. The van der Waals surface area contributed by atoms with Gasteiger partial charge in [0.15, 0.2) is 4.96 Å². The SMILES string of the molecule is CCc1ccc(-c2cn3c(CC(=O)Nc4ccccc4CC)csc3n2)cc1. The predicted molar refractivity (Wildman–Crippen MR) is 116 cm³/mol. The Labute approximate surface area is 168 Å². The zero-order valence-corrected chi connectivity index (χ0v) is 16.9. The van der Waals surface area contributed by atoms with Crippen LogP contribution in [0.25, 0.3) is 16.2 Å². The maximum absolute atomic E-state index is 12.6. The lowest BCUT2D eigenvalue weighted by molar-refractivity contribution is -0.115. The number of thiazole rings is 1. The number of fused-ring (bicyclic) bond motifs is 1. The normalized spacial score (nSPS) is 11.1. The number of imidazole rings is 1. The standard InChI is InChI=1S/C23H23N3OS/c1-3-16-9-11-18(12-10-16)21-14-26-19(15-28-23(26)25-21)13-22(27)24-20-8-6-5-7-17(20)4-2/h5-12,14-15H,3-4,13H2,1-2H3,(H,24,27). The molecule has 2 aromatic carbocycles. The molecule has 142 valence electrons. The lowest BCUT2D eigenvalue weighted by Crippen LogP contribution is -2.16. The van der Waals surface area contributed by atoms with Gasteiger partial charge in [-0.3, -0.25) is 9.20 Å². The summed E-state index contributed by atoms with van der Waals surface area (Å²) in [5.74, 6) is -0.0110. The molecule has 4 nitrogen and oxygen atoms in total. The fourth-order valence-corrected chi connectivity index (χ4v) is 4.19. The molecule has 1 N–H and O–H groups in total. The minimum Gasteiger partial charge on any atom is -0.326 e. The molecule has 2 aromatic heterocycles. The van der Waals surface area contributed by atoms with Gasteiger partial charge in [0.05, 0.1) is 12.1 Å². The minimum absolute atomic E-state index is 0.0110. The van der Waals surface area contributed by atoms with Gasteiger partial charge in [0.25, 0.3) is 0 Å². The first-order chi connectivity index (χ1) is 13.7. The summed E-state index contributed by atoms with van der Waals surface area (Å²) in [6.45, 7) is 4.24. The van der Waals surface area contributed by atoms with E-state index in [1.54, 1.807) is 11.3 Å². The van der Waals surface area contributed by atoms with E-state index in [4.69, 9.17) is 4.98 Å². The Morgan fingerprint density at radius 2 is 1.86 bits per heavy atom. The summed E-state index contributed by atoms with van der Waals surface area (Å²) in [7, 11) is 0. The number of aromatic nitrogens is 2. The summed E-state index contributed by atoms with van der Waals surface area (Å²) in [6, 6.07) is 16.4. The number of amides is 1. The van der Waals surface area contributed by atoms with Crippen molar-refractivity contribution in [3.63, 3.8) is 0 Å². The number of benzene rings is 2. The van der Waals surface area contributed by atoms with E-state index in [1.807, 2.05) is 40.2 Å². The number of carbonyl (C=O) groups excluding carboxylic acids is 1. The Morgan fingerprint density at radius 3 is 2.61 bits per heavy atom. The van der Waals surface area contributed by atoms with Gasteiger partial charge in [0.2, 0.25) is 5.91 Å². The highest BCUT2D eigenvalue weighted by atomic mass is 32.1. The van der Waals surface area contributed by atoms with E-state index in [1.165, 1.54) is 5.56 Å². The highest BCUT2D eigenvalue weighted by Crippen LogP contribution is 2.25. The second-order valence-corrected chi connectivity index (χ2v) is 7.63. The van der Waals surface area contributed by atoms with Gasteiger partial charge in [0.1, 0.15) is 0 Å². The second kappa shape index (κ2) is 7.98. The van der Waals surface area contributed by atoms with Crippen molar-refractivity contribution in [1.82, 2.24) is 9.38 Å². The number of aryl methyl sites for hydroxylation is 2. The van der Waals surface area contributed by atoms with Crippen LogP contribution in [0.1, 0.15) is 30.7 Å². The molecule has 0 aliphatic heterocycles. The zero-order chi connectivity index (χ0) is 19.5. The first-order valence-corrected chi connectivity index (χ1v) is 10.5. The molecule has 0 fully saturated rings. The molecule has 0 unspecified atom stereocenters. The Kier molecular flexibility index (Phi) is 5.26. The fraction of sp³-hybridized carbons (Fsp3) is 0.217. The van der Waals surface area contributed by atoms with E-state index in [0.717, 1.165) is 46.0 Å². The number of nitrogens with zero attached hydrogens (tertiary/aromatic N) is 2. The van der Waals surface area contributed by atoms with Crippen LogP contribution in [-0.4, -0.2) is 15.3 Å². The quantitative estimate of drug-likeness (QED) is 0.482. The Bertz CT molecular complexity index is 1110. The third kappa shape index (κ3) is 3.71. The van der Waals surface area contributed by atoms with Crippen LogP contribution >= 0.6 is 11.3 Å². The number of nitrogens with one attached hydrogen (secondary N) is 1. The van der Waals surface area contributed by atoms with Crippen molar-refractivity contribution in [2.45, 2.75) is 33.1 Å². The molecule has 2 heterocycles. The van der Waals surface area contributed by atoms with E-state index in [-0.39, 0.29) is 5.91 Å². The van der Waals surface area contributed by atoms with Crippen LogP contribution in [0.3, 0.4) is 0 Å². The lowest BCUT2D eigenvalue weighted by atomic mass is 10.1.